The molecule has 2 N–H and O–H groups in total. The number of piperidine rings is 1. The quantitative estimate of drug-likeness (QED) is 0.901. The van der Waals surface area contributed by atoms with E-state index in [1.165, 1.54) is 17.5 Å². The molecule has 0 aromatic heterocycles. The first kappa shape index (κ1) is 14.1. The summed E-state index contributed by atoms with van der Waals surface area (Å²) in [6, 6.07) is 9.34. The van der Waals surface area contributed by atoms with E-state index in [1.54, 1.807) is 0 Å². The van der Waals surface area contributed by atoms with Crippen molar-refractivity contribution in [2.75, 3.05) is 20.2 Å². The molecule has 0 spiro atoms. The van der Waals surface area contributed by atoms with Crippen LogP contribution in [-0.2, 0) is 4.74 Å². The van der Waals surface area contributed by atoms with Crippen LogP contribution in [0.15, 0.2) is 24.3 Å². The van der Waals surface area contributed by atoms with E-state index in [9.17, 15) is 0 Å². The number of rotatable bonds is 2. The van der Waals surface area contributed by atoms with Crippen LogP contribution in [-0.4, -0.2) is 37.2 Å². The van der Waals surface area contributed by atoms with Gasteiger partial charge in [0.2, 0.25) is 0 Å². The molecule has 1 saturated heterocycles. The van der Waals surface area contributed by atoms with Crippen LogP contribution in [0.1, 0.15) is 49.3 Å². The minimum absolute atomic E-state index is 0.154. The van der Waals surface area contributed by atoms with Crippen molar-refractivity contribution in [3.8, 4) is 0 Å². The maximum atomic E-state index is 6.58. The Morgan fingerprint density at radius 3 is 2.45 bits per heavy atom. The summed E-state index contributed by atoms with van der Waals surface area (Å²) in [5.41, 5.74) is 9.38. The lowest BCUT2D eigenvalue weighted by atomic mass is 9.77. The Labute approximate surface area is 122 Å². The van der Waals surface area contributed by atoms with Crippen LogP contribution in [0, 0.1) is 0 Å². The fraction of sp³-hybridized carbons (Fsp3) is 0.647. The summed E-state index contributed by atoms with van der Waals surface area (Å²) in [5.74, 6) is 0.608. The smallest absolute Gasteiger partial charge is 0.0595 e. The molecule has 0 radical (unpaired) electrons. The Morgan fingerprint density at radius 2 is 1.80 bits per heavy atom. The summed E-state index contributed by atoms with van der Waals surface area (Å²) in [6.07, 6.45) is 3.89. The number of methoxy groups -OCH3 is 1. The van der Waals surface area contributed by atoms with Crippen LogP contribution in [0.5, 0.6) is 0 Å². The number of nitrogens with zero attached hydrogens (tertiary/aromatic N) is 1. The van der Waals surface area contributed by atoms with Gasteiger partial charge in [0.1, 0.15) is 0 Å². The first-order valence-electron chi connectivity index (χ1n) is 7.82. The molecule has 3 nitrogen and oxygen atoms in total. The monoisotopic (exact) mass is 274 g/mol. The van der Waals surface area contributed by atoms with Crippen LogP contribution in [0.3, 0.4) is 0 Å². The highest BCUT2D eigenvalue weighted by molar-refractivity contribution is 5.36. The van der Waals surface area contributed by atoms with Crippen molar-refractivity contribution >= 4 is 0 Å². The first-order chi connectivity index (χ1) is 9.70. The van der Waals surface area contributed by atoms with Gasteiger partial charge in [-0.3, -0.25) is 4.90 Å². The number of benzene rings is 1. The Kier molecular flexibility index (Phi) is 4.11. The van der Waals surface area contributed by atoms with Crippen LogP contribution >= 0.6 is 0 Å². The zero-order valence-corrected chi connectivity index (χ0v) is 12.6. The molecule has 1 aromatic carbocycles. The zero-order chi connectivity index (χ0) is 14.1. The van der Waals surface area contributed by atoms with E-state index in [2.05, 4.69) is 36.1 Å². The Balaban J connectivity index is 1.76. The lowest BCUT2D eigenvalue weighted by Crippen LogP contribution is -2.50. The SMILES string of the molecule is COC1CCN(C2CC(C)c3ccccc3C2N)CC1. The predicted octanol–water partition coefficient (Wildman–Crippen LogP) is 2.67. The van der Waals surface area contributed by atoms with E-state index >= 15 is 0 Å². The van der Waals surface area contributed by atoms with Gasteiger partial charge in [-0.1, -0.05) is 31.2 Å². The van der Waals surface area contributed by atoms with E-state index in [1.807, 2.05) is 7.11 Å². The maximum absolute atomic E-state index is 6.58. The molecule has 1 aliphatic carbocycles. The third-order valence-electron chi connectivity index (χ3n) is 5.17. The number of fused-ring (bicyclic) bond motifs is 1. The third-order valence-corrected chi connectivity index (χ3v) is 5.17. The number of hydrogen-bond donors (Lipinski definition) is 1. The van der Waals surface area contributed by atoms with Gasteiger partial charge in [0.05, 0.1) is 6.10 Å². The second-order valence-electron chi connectivity index (χ2n) is 6.33. The molecular weight excluding hydrogens is 248 g/mol. The molecule has 0 amide bonds. The van der Waals surface area contributed by atoms with Crippen LogP contribution in [0.2, 0.25) is 0 Å². The Hall–Kier alpha value is -0.900. The van der Waals surface area contributed by atoms with Crippen molar-refractivity contribution in [2.24, 2.45) is 5.73 Å². The summed E-state index contributed by atoms with van der Waals surface area (Å²) >= 11 is 0. The molecule has 3 atom stereocenters. The molecule has 2 aliphatic rings. The molecule has 0 saturated carbocycles. The van der Waals surface area contributed by atoms with Crippen molar-refractivity contribution in [1.29, 1.82) is 0 Å². The van der Waals surface area contributed by atoms with Crippen LogP contribution < -0.4 is 5.73 Å². The molecular formula is C17H26N2O. The number of ether oxygens (including phenoxy) is 1. The molecule has 0 bridgehead atoms. The normalized spacial score (nSPS) is 32.0. The van der Waals surface area contributed by atoms with E-state index in [0.717, 1.165) is 25.9 Å². The summed E-state index contributed by atoms with van der Waals surface area (Å²) in [5, 5.41) is 0. The summed E-state index contributed by atoms with van der Waals surface area (Å²) in [6.45, 7) is 4.57. The minimum Gasteiger partial charge on any atom is -0.381 e. The van der Waals surface area contributed by atoms with Gasteiger partial charge in [-0.05, 0) is 36.3 Å². The Bertz CT molecular complexity index is 454. The average molecular weight is 274 g/mol. The van der Waals surface area contributed by atoms with Crippen molar-refractivity contribution in [3.63, 3.8) is 0 Å². The first-order valence-corrected chi connectivity index (χ1v) is 7.82. The molecule has 1 aromatic rings. The van der Waals surface area contributed by atoms with Gasteiger partial charge in [-0.15, -0.1) is 0 Å². The van der Waals surface area contributed by atoms with Crippen LogP contribution in [0.4, 0.5) is 0 Å². The second-order valence-corrected chi connectivity index (χ2v) is 6.33. The largest absolute Gasteiger partial charge is 0.381 e. The van der Waals surface area contributed by atoms with Gasteiger partial charge >= 0.3 is 0 Å². The van der Waals surface area contributed by atoms with Gasteiger partial charge < -0.3 is 10.5 Å². The van der Waals surface area contributed by atoms with Crippen molar-refractivity contribution < 1.29 is 4.74 Å². The number of nitrogens with two attached hydrogens (primary N) is 1. The Morgan fingerprint density at radius 1 is 1.15 bits per heavy atom. The predicted molar refractivity (Wildman–Crippen MR) is 81.8 cm³/mol. The summed E-state index contributed by atoms with van der Waals surface area (Å²) in [7, 11) is 1.82. The highest BCUT2D eigenvalue weighted by Crippen LogP contribution is 2.39. The minimum atomic E-state index is 0.154. The third kappa shape index (κ3) is 2.50. The lowest BCUT2D eigenvalue weighted by Gasteiger charge is -2.44. The fourth-order valence-corrected chi connectivity index (χ4v) is 3.93. The van der Waals surface area contributed by atoms with Gasteiger partial charge in [0.25, 0.3) is 0 Å². The molecule has 1 heterocycles. The molecule has 20 heavy (non-hydrogen) atoms. The lowest BCUT2D eigenvalue weighted by molar-refractivity contribution is 0.0187. The van der Waals surface area contributed by atoms with Gasteiger partial charge in [-0.25, -0.2) is 0 Å². The standard InChI is InChI=1S/C17H26N2O/c1-12-11-16(19-9-7-13(20-2)8-10-19)17(18)15-6-4-3-5-14(12)15/h3-6,12-13,16-17H,7-11,18H2,1-2H3. The van der Waals surface area contributed by atoms with E-state index in [-0.39, 0.29) is 6.04 Å². The van der Waals surface area contributed by atoms with Gasteiger partial charge in [0.15, 0.2) is 0 Å². The van der Waals surface area contributed by atoms with E-state index in [4.69, 9.17) is 10.5 Å². The van der Waals surface area contributed by atoms with Crippen molar-refractivity contribution in [3.05, 3.63) is 35.4 Å². The second kappa shape index (κ2) is 5.84. The maximum Gasteiger partial charge on any atom is 0.0595 e. The van der Waals surface area contributed by atoms with Crippen molar-refractivity contribution in [1.82, 2.24) is 4.90 Å². The average Bonchev–Trinajstić information content (AvgIpc) is 2.51. The van der Waals surface area contributed by atoms with Crippen molar-refractivity contribution in [2.45, 2.75) is 50.3 Å². The summed E-state index contributed by atoms with van der Waals surface area (Å²) < 4.78 is 5.47. The van der Waals surface area contributed by atoms with Crippen LogP contribution in [0.25, 0.3) is 0 Å². The highest BCUT2D eigenvalue weighted by Gasteiger charge is 2.35. The summed E-state index contributed by atoms with van der Waals surface area (Å²) in [4.78, 5) is 2.59. The molecule has 3 unspecified atom stereocenters. The fourth-order valence-electron chi connectivity index (χ4n) is 3.93. The molecule has 3 rings (SSSR count). The number of likely N-dealkylation sites (tertiary alicyclic amines) is 1. The molecule has 3 heteroatoms. The van der Waals surface area contributed by atoms with E-state index < -0.39 is 0 Å². The zero-order valence-electron chi connectivity index (χ0n) is 12.6. The number of hydrogen-bond acceptors (Lipinski definition) is 3. The molecule has 1 fully saturated rings. The molecule has 1 aliphatic heterocycles. The van der Waals surface area contributed by atoms with E-state index in [0.29, 0.717) is 18.1 Å². The topological polar surface area (TPSA) is 38.5 Å². The van der Waals surface area contributed by atoms with Gasteiger partial charge in [0, 0.05) is 32.3 Å². The highest BCUT2D eigenvalue weighted by atomic mass is 16.5. The molecule has 110 valence electrons. The van der Waals surface area contributed by atoms with Gasteiger partial charge in [-0.2, -0.15) is 0 Å².